The van der Waals surface area contributed by atoms with Crippen molar-refractivity contribution in [3.8, 4) is 0 Å². The molecule has 2 heteroatoms. The molecule has 1 heterocycles. The lowest BCUT2D eigenvalue weighted by Crippen LogP contribution is -2.53. The molecule has 1 fully saturated rings. The van der Waals surface area contributed by atoms with Gasteiger partial charge in [0.2, 0.25) is 0 Å². The van der Waals surface area contributed by atoms with Crippen LogP contribution in [0.15, 0.2) is 24.3 Å². The standard InChI is InChI=1S/C17H28N2/c1-4-17(5-2,19-11-6-7-12-19)16(18)15-10-8-9-14(3)13-15/h8-10,13,16H,4-7,11-12,18H2,1-3H3. The van der Waals surface area contributed by atoms with E-state index in [0.717, 1.165) is 12.8 Å². The first-order valence-corrected chi connectivity index (χ1v) is 7.71. The topological polar surface area (TPSA) is 29.3 Å². The average molecular weight is 260 g/mol. The lowest BCUT2D eigenvalue weighted by molar-refractivity contribution is 0.0766. The molecular weight excluding hydrogens is 232 g/mol. The molecule has 1 aromatic rings. The summed E-state index contributed by atoms with van der Waals surface area (Å²) in [5, 5.41) is 0. The zero-order valence-corrected chi connectivity index (χ0v) is 12.7. The molecule has 1 aliphatic rings. The molecule has 2 rings (SSSR count). The largest absolute Gasteiger partial charge is 0.322 e. The van der Waals surface area contributed by atoms with E-state index in [1.165, 1.54) is 37.1 Å². The molecule has 0 bridgehead atoms. The summed E-state index contributed by atoms with van der Waals surface area (Å²) >= 11 is 0. The number of benzene rings is 1. The number of aryl methyl sites for hydroxylation is 1. The minimum atomic E-state index is 0.112. The van der Waals surface area contributed by atoms with Gasteiger partial charge in [-0.2, -0.15) is 0 Å². The molecule has 0 radical (unpaired) electrons. The number of nitrogens with two attached hydrogens (primary N) is 1. The fourth-order valence-electron chi connectivity index (χ4n) is 3.67. The third kappa shape index (κ3) is 2.70. The van der Waals surface area contributed by atoms with Crippen LogP contribution in [0.2, 0.25) is 0 Å². The van der Waals surface area contributed by atoms with Gasteiger partial charge < -0.3 is 5.73 Å². The maximum Gasteiger partial charge on any atom is 0.0482 e. The molecule has 0 aromatic heterocycles. The third-order valence-electron chi connectivity index (χ3n) is 4.94. The van der Waals surface area contributed by atoms with Crippen LogP contribution in [-0.4, -0.2) is 23.5 Å². The number of hydrogen-bond acceptors (Lipinski definition) is 2. The van der Waals surface area contributed by atoms with Crippen LogP contribution in [0, 0.1) is 6.92 Å². The first-order chi connectivity index (χ1) is 9.14. The van der Waals surface area contributed by atoms with E-state index in [2.05, 4.69) is 49.9 Å². The van der Waals surface area contributed by atoms with E-state index >= 15 is 0 Å². The van der Waals surface area contributed by atoms with Crippen LogP contribution in [0.5, 0.6) is 0 Å². The molecule has 0 amide bonds. The van der Waals surface area contributed by atoms with Crippen molar-refractivity contribution in [2.45, 2.75) is 58.0 Å². The van der Waals surface area contributed by atoms with E-state index in [9.17, 15) is 0 Å². The zero-order valence-electron chi connectivity index (χ0n) is 12.7. The molecule has 106 valence electrons. The maximum atomic E-state index is 6.70. The third-order valence-corrected chi connectivity index (χ3v) is 4.94. The van der Waals surface area contributed by atoms with Crippen LogP contribution >= 0.6 is 0 Å². The Bertz CT molecular complexity index is 403. The van der Waals surface area contributed by atoms with Crippen molar-refractivity contribution in [3.63, 3.8) is 0 Å². The Balaban J connectivity index is 2.32. The fraction of sp³-hybridized carbons (Fsp3) is 0.647. The van der Waals surface area contributed by atoms with E-state index in [4.69, 9.17) is 5.73 Å². The van der Waals surface area contributed by atoms with E-state index in [1.54, 1.807) is 0 Å². The molecule has 0 aliphatic carbocycles. The van der Waals surface area contributed by atoms with Crippen LogP contribution in [0.1, 0.15) is 56.7 Å². The summed E-state index contributed by atoms with van der Waals surface area (Å²) in [7, 11) is 0. The summed E-state index contributed by atoms with van der Waals surface area (Å²) in [6, 6.07) is 8.82. The Morgan fingerprint density at radius 2 is 1.84 bits per heavy atom. The maximum absolute atomic E-state index is 6.70. The van der Waals surface area contributed by atoms with Crippen molar-refractivity contribution in [3.05, 3.63) is 35.4 Å². The highest BCUT2D eigenvalue weighted by molar-refractivity contribution is 5.28. The summed E-state index contributed by atoms with van der Waals surface area (Å²) in [6.45, 7) is 9.14. The first-order valence-electron chi connectivity index (χ1n) is 7.71. The van der Waals surface area contributed by atoms with Crippen molar-refractivity contribution >= 4 is 0 Å². The summed E-state index contributed by atoms with van der Waals surface area (Å²) in [6.07, 6.45) is 4.89. The predicted octanol–water partition coefficient (Wildman–Crippen LogP) is 3.65. The van der Waals surface area contributed by atoms with Crippen LogP contribution < -0.4 is 5.73 Å². The molecule has 0 spiro atoms. The van der Waals surface area contributed by atoms with Crippen molar-refractivity contribution in [2.24, 2.45) is 5.73 Å². The summed E-state index contributed by atoms with van der Waals surface area (Å²) in [4.78, 5) is 2.64. The second-order valence-electron chi connectivity index (χ2n) is 5.90. The first kappa shape index (κ1) is 14.5. The van der Waals surface area contributed by atoms with Crippen LogP contribution in [-0.2, 0) is 0 Å². The molecular formula is C17H28N2. The van der Waals surface area contributed by atoms with Gasteiger partial charge in [0.1, 0.15) is 0 Å². The van der Waals surface area contributed by atoms with Gasteiger partial charge in [0.15, 0.2) is 0 Å². The molecule has 1 unspecified atom stereocenters. The van der Waals surface area contributed by atoms with Gasteiger partial charge in [0, 0.05) is 11.6 Å². The van der Waals surface area contributed by atoms with Gasteiger partial charge in [-0.15, -0.1) is 0 Å². The molecule has 2 nitrogen and oxygen atoms in total. The highest BCUT2D eigenvalue weighted by Gasteiger charge is 2.40. The van der Waals surface area contributed by atoms with Gasteiger partial charge in [0.05, 0.1) is 0 Å². The van der Waals surface area contributed by atoms with Gasteiger partial charge in [-0.25, -0.2) is 0 Å². The summed E-state index contributed by atoms with van der Waals surface area (Å²) in [5.74, 6) is 0. The number of likely N-dealkylation sites (tertiary alicyclic amines) is 1. The zero-order chi connectivity index (χ0) is 13.9. The number of hydrogen-bond donors (Lipinski definition) is 1. The minimum Gasteiger partial charge on any atom is -0.322 e. The van der Waals surface area contributed by atoms with E-state index in [-0.39, 0.29) is 11.6 Å². The summed E-state index contributed by atoms with van der Waals surface area (Å²) < 4.78 is 0. The Kier molecular flexibility index (Phi) is 4.64. The summed E-state index contributed by atoms with van der Waals surface area (Å²) in [5.41, 5.74) is 9.42. The van der Waals surface area contributed by atoms with Gasteiger partial charge in [0.25, 0.3) is 0 Å². The Morgan fingerprint density at radius 3 is 2.37 bits per heavy atom. The van der Waals surface area contributed by atoms with Crippen molar-refractivity contribution in [2.75, 3.05) is 13.1 Å². The number of rotatable bonds is 5. The predicted molar refractivity (Wildman–Crippen MR) is 82.2 cm³/mol. The second kappa shape index (κ2) is 6.06. The van der Waals surface area contributed by atoms with Crippen LogP contribution in [0.4, 0.5) is 0 Å². The van der Waals surface area contributed by atoms with E-state index < -0.39 is 0 Å². The van der Waals surface area contributed by atoms with Gasteiger partial charge >= 0.3 is 0 Å². The Labute approximate surface area is 118 Å². The molecule has 1 atom stereocenters. The molecule has 19 heavy (non-hydrogen) atoms. The minimum absolute atomic E-state index is 0.112. The highest BCUT2D eigenvalue weighted by atomic mass is 15.2. The molecule has 1 saturated heterocycles. The molecule has 2 N–H and O–H groups in total. The number of nitrogens with zero attached hydrogens (tertiary/aromatic N) is 1. The van der Waals surface area contributed by atoms with Crippen molar-refractivity contribution < 1.29 is 0 Å². The SMILES string of the molecule is CCC(CC)(C(N)c1cccc(C)c1)N1CCCC1. The Hall–Kier alpha value is -0.860. The lowest BCUT2D eigenvalue weighted by atomic mass is 9.79. The van der Waals surface area contributed by atoms with Gasteiger partial charge in [-0.05, 0) is 51.3 Å². The fourth-order valence-corrected chi connectivity index (χ4v) is 3.67. The Morgan fingerprint density at radius 1 is 1.21 bits per heavy atom. The van der Waals surface area contributed by atoms with Crippen LogP contribution in [0.25, 0.3) is 0 Å². The van der Waals surface area contributed by atoms with Gasteiger partial charge in [-0.1, -0.05) is 43.7 Å². The van der Waals surface area contributed by atoms with E-state index in [0.29, 0.717) is 0 Å². The second-order valence-corrected chi connectivity index (χ2v) is 5.90. The average Bonchev–Trinajstić information content (AvgIpc) is 2.95. The van der Waals surface area contributed by atoms with E-state index in [1.807, 2.05) is 0 Å². The molecule has 1 aromatic carbocycles. The van der Waals surface area contributed by atoms with Gasteiger partial charge in [-0.3, -0.25) is 4.90 Å². The smallest absolute Gasteiger partial charge is 0.0482 e. The monoisotopic (exact) mass is 260 g/mol. The van der Waals surface area contributed by atoms with Crippen molar-refractivity contribution in [1.82, 2.24) is 4.90 Å². The molecule has 0 saturated carbocycles. The normalized spacial score (nSPS) is 18.7. The van der Waals surface area contributed by atoms with Crippen molar-refractivity contribution in [1.29, 1.82) is 0 Å². The quantitative estimate of drug-likeness (QED) is 0.875. The molecule has 1 aliphatic heterocycles. The highest BCUT2D eigenvalue weighted by Crippen LogP contribution is 2.38. The lowest BCUT2D eigenvalue weighted by Gasteiger charge is -2.45. The van der Waals surface area contributed by atoms with Crippen LogP contribution in [0.3, 0.4) is 0 Å².